The van der Waals surface area contributed by atoms with Crippen LogP contribution in [0.15, 0.2) is 4.99 Å². The molecular formula is C22H41F3IN5O. The zero-order valence-electron chi connectivity index (χ0n) is 19.4. The first-order chi connectivity index (χ1) is 14.9. The molecule has 2 N–H and O–H groups in total. The number of alkyl halides is 3. The van der Waals surface area contributed by atoms with Crippen LogP contribution in [0.3, 0.4) is 0 Å². The lowest BCUT2D eigenvalue weighted by Crippen LogP contribution is -2.60. The molecule has 0 radical (unpaired) electrons. The first kappa shape index (κ1) is 27.9. The minimum Gasteiger partial charge on any atom is -0.379 e. The number of guanidine groups is 1. The third kappa shape index (κ3) is 8.79. The molecule has 0 aromatic rings. The molecule has 0 atom stereocenters. The number of nitrogens with zero attached hydrogens (tertiary/aromatic N) is 3. The zero-order valence-corrected chi connectivity index (χ0v) is 21.7. The van der Waals surface area contributed by atoms with Crippen LogP contribution in [0.1, 0.15) is 51.4 Å². The third-order valence-corrected chi connectivity index (χ3v) is 7.23. The molecule has 2 saturated heterocycles. The fourth-order valence-electron chi connectivity index (χ4n) is 5.40. The highest BCUT2D eigenvalue weighted by molar-refractivity contribution is 14.0. The molecule has 0 aromatic carbocycles. The number of aliphatic imine (C=N–C) groups is 1. The van der Waals surface area contributed by atoms with Crippen molar-refractivity contribution in [1.82, 2.24) is 20.4 Å². The Hall–Kier alpha value is -0.330. The van der Waals surface area contributed by atoms with Crippen molar-refractivity contribution >= 4 is 29.9 Å². The Bertz CT molecular complexity index is 558. The van der Waals surface area contributed by atoms with Crippen LogP contribution in [-0.2, 0) is 4.74 Å². The molecule has 3 rings (SSSR count). The quantitative estimate of drug-likeness (QED) is 0.277. The van der Waals surface area contributed by atoms with Gasteiger partial charge in [-0.2, -0.15) is 13.2 Å². The van der Waals surface area contributed by atoms with Crippen molar-refractivity contribution in [1.29, 1.82) is 0 Å². The zero-order chi connectivity index (χ0) is 22.2. The van der Waals surface area contributed by atoms with Gasteiger partial charge in [0.2, 0.25) is 0 Å². The second-order valence-corrected chi connectivity index (χ2v) is 9.36. The Morgan fingerprint density at radius 3 is 2.28 bits per heavy atom. The maximum Gasteiger partial charge on any atom is 0.401 e. The number of ether oxygens (including phenoxy) is 1. The Labute approximate surface area is 208 Å². The van der Waals surface area contributed by atoms with Crippen molar-refractivity contribution in [2.45, 2.75) is 63.1 Å². The molecular weight excluding hydrogens is 534 g/mol. The minimum absolute atomic E-state index is 0. The Morgan fingerprint density at radius 1 is 1.03 bits per heavy atom. The molecule has 1 aliphatic carbocycles. The molecule has 0 bridgehead atoms. The highest BCUT2D eigenvalue weighted by atomic mass is 127. The highest BCUT2D eigenvalue weighted by Gasteiger charge is 2.38. The predicted octanol–water partition coefficient (Wildman–Crippen LogP) is 3.47. The van der Waals surface area contributed by atoms with Gasteiger partial charge in [0.25, 0.3) is 0 Å². The predicted molar refractivity (Wildman–Crippen MR) is 133 cm³/mol. The van der Waals surface area contributed by atoms with Gasteiger partial charge in [-0.15, -0.1) is 24.0 Å². The molecule has 188 valence electrons. The summed E-state index contributed by atoms with van der Waals surface area (Å²) < 4.78 is 43.2. The standard InChI is InChI=1S/C22H40F3N5O.HI/c1-26-20(27-10-5-19-6-11-29(12-7-19)18-22(23,24)25)28-17-21(8-3-2-4-9-21)30-13-15-31-16-14-30;/h19H,2-18H2,1H3,(H2,26,27,28);1H. The second kappa shape index (κ2) is 13.5. The van der Waals surface area contributed by atoms with Gasteiger partial charge in [-0.05, 0) is 51.1 Å². The van der Waals surface area contributed by atoms with E-state index in [0.717, 1.165) is 64.6 Å². The Kier molecular flexibility index (Phi) is 11.8. The van der Waals surface area contributed by atoms with Crippen molar-refractivity contribution in [2.75, 3.05) is 66.1 Å². The third-order valence-electron chi connectivity index (χ3n) is 7.23. The van der Waals surface area contributed by atoms with Crippen molar-refractivity contribution in [2.24, 2.45) is 10.9 Å². The van der Waals surface area contributed by atoms with Crippen LogP contribution in [0.4, 0.5) is 13.2 Å². The summed E-state index contributed by atoms with van der Waals surface area (Å²) in [7, 11) is 1.80. The summed E-state index contributed by atoms with van der Waals surface area (Å²) in [4.78, 5) is 8.54. The molecule has 0 amide bonds. The first-order valence-electron chi connectivity index (χ1n) is 12.0. The van der Waals surface area contributed by atoms with Gasteiger partial charge < -0.3 is 15.4 Å². The maximum absolute atomic E-state index is 12.5. The van der Waals surface area contributed by atoms with Crippen LogP contribution >= 0.6 is 24.0 Å². The van der Waals surface area contributed by atoms with E-state index >= 15 is 0 Å². The number of nitrogens with one attached hydrogen (secondary N) is 2. The fourth-order valence-corrected chi connectivity index (χ4v) is 5.40. The van der Waals surface area contributed by atoms with Crippen molar-refractivity contribution < 1.29 is 17.9 Å². The monoisotopic (exact) mass is 575 g/mol. The summed E-state index contributed by atoms with van der Waals surface area (Å²) in [6.07, 6.45) is 4.85. The number of rotatable bonds is 7. The number of likely N-dealkylation sites (tertiary alicyclic amines) is 1. The largest absolute Gasteiger partial charge is 0.401 e. The summed E-state index contributed by atoms with van der Waals surface area (Å²) in [6, 6.07) is 0. The van der Waals surface area contributed by atoms with Crippen molar-refractivity contribution in [3.8, 4) is 0 Å². The summed E-state index contributed by atoms with van der Waals surface area (Å²) in [6.45, 7) is 5.63. The van der Waals surface area contributed by atoms with Gasteiger partial charge in [-0.1, -0.05) is 19.3 Å². The summed E-state index contributed by atoms with van der Waals surface area (Å²) in [5.41, 5.74) is 0.185. The molecule has 2 heterocycles. The Balaban J connectivity index is 0.00000363. The van der Waals surface area contributed by atoms with Crippen LogP contribution in [0.25, 0.3) is 0 Å². The maximum atomic E-state index is 12.5. The molecule has 6 nitrogen and oxygen atoms in total. The minimum atomic E-state index is -4.09. The van der Waals surface area contributed by atoms with E-state index in [0.29, 0.717) is 19.0 Å². The van der Waals surface area contributed by atoms with Gasteiger partial charge in [0.05, 0.1) is 19.8 Å². The summed E-state index contributed by atoms with van der Waals surface area (Å²) in [5, 5.41) is 7.00. The van der Waals surface area contributed by atoms with E-state index in [1.165, 1.54) is 37.0 Å². The molecule has 2 aliphatic heterocycles. The lowest BCUT2D eigenvalue weighted by Gasteiger charge is -2.48. The molecule has 0 unspecified atom stereocenters. The topological polar surface area (TPSA) is 52.1 Å². The van der Waals surface area contributed by atoms with Crippen LogP contribution in [-0.4, -0.2) is 93.5 Å². The smallest absolute Gasteiger partial charge is 0.379 e. The van der Waals surface area contributed by atoms with E-state index in [-0.39, 0.29) is 29.5 Å². The number of halogens is 4. The lowest BCUT2D eigenvalue weighted by atomic mass is 9.80. The average molecular weight is 576 g/mol. The number of hydrogen-bond donors (Lipinski definition) is 2. The molecule has 3 aliphatic rings. The van der Waals surface area contributed by atoms with Gasteiger partial charge in [0, 0.05) is 38.8 Å². The highest BCUT2D eigenvalue weighted by Crippen LogP contribution is 2.34. The van der Waals surface area contributed by atoms with E-state index in [2.05, 4.69) is 20.5 Å². The van der Waals surface area contributed by atoms with Crippen LogP contribution in [0.5, 0.6) is 0 Å². The van der Waals surface area contributed by atoms with Crippen molar-refractivity contribution in [3.05, 3.63) is 0 Å². The van der Waals surface area contributed by atoms with Crippen LogP contribution in [0.2, 0.25) is 0 Å². The lowest BCUT2D eigenvalue weighted by molar-refractivity contribution is -0.148. The molecule has 0 spiro atoms. The van der Waals surface area contributed by atoms with Gasteiger partial charge in [0.15, 0.2) is 5.96 Å². The van der Waals surface area contributed by atoms with Gasteiger partial charge in [-0.25, -0.2) is 0 Å². The van der Waals surface area contributed by atoms with Gasteiger partial charge in [0.1, 0.15) is 0 Å². The van der Waals surface area contributed by atoms with Crippen molar-refractivity contribution in [3.63, 3.8) is 0 Å². The number of piperidine rings is 1. The SMILES string of the molecule is CN=C(NCCC1CCN(CC(F)(F)F)CC1)NCC1(N2CCOCC2)CCCCC1.I. The van der Waals surface area contributed by atoms with Gasteiger partial charge in [-0.3, -0.25) is 14.8 Å². The normalized spacial score (nSPS) is 24.1. The van der Waals surface area contributed by atoms with E-state index < -0.39 is 12.7 Å². The molecule has 10 heteroatoms. The van der Waals surface area contributed by atoms with E-state index in [4.69, 9.17) is 4.74 Å². The molecule has 1 saturated carbocycles. The van der Waals surface area contributed by atoms with E-state index in [1.54, 1.807) is 7.05 Å². The number of morpholine rings is 1. The molecule has 3 fully saturated rings. The van der Waals surface area contributed by atoms with Crippen LogP contribution in [0, 0.1) is 5.92 Å². The fraction of sp³-hybridized carbons (Fsp3) is 0.955. The molecule has 32 heavy (non-hydrogen) atoms. The van der Waals surface area contributed by atoms with E-state index in [1.807, 2.05) is 0 Å². The van der Waals surface area contributed by atoms with E-state index in [9.17, 15) is 13.2 Å². The van der Waals surface area contributed by atoms with Gasteiger partial charge >= 0.3 is 6.18 Å². The van der Waals surface area contributed by atoms with Crippen LogP contribution < -0.4 is 10.6 Å². The average Bonchev–Trinajstić information content (AvgIpc) is 2.77. The summed E-state index contributed by atoms with van der Waals surface area (Å²) in [5.74, 6) is 1.31. The first-order valence-corrected chi connectivity index (χ1v) is 12.0. The molecule has 0 aromatic heterocycles. The Morgan fingerprint density at radius 2 is 1.69 bits per heavy atom. The second-order valence-electron chi connectivity index (χ2n) is 9.36. The number of hydrogen-bond acceptors (Lipinski definition) is 4. The summed E-state index contributed by atoms with van der Waals surface area (Å²) >= 11 is 0.